The smallest absolute Gasteiger partial charge is 0.315 e. The van der Waals surface area contributed by atoms with Gasteiger partial charge in [0.2, 0.25) is 0 Å². The van der Waals surface area contributed by atoms with Gasteiger partial charge in [-0.25, -0.2) is 4.79 Å². The van der Waals surface area contributed by atoms with E-state index in [2.05, 4.69) is 35.6 Å². The van der Waals surface area contributed by atoms with Crippen LogP contribution < -0.4 is 20.1 Å². The average Bonchev–Trinajstić information content (AvgIpc) is 2.71. The predicted molar refractivity (Wildman–Crippen MR) is 107 cm³/mol. The number of methoxy groups -OCH3 is 1. The van der Waals surface area contributed by atoms with Crippen LogP contribution in [0, 0.1) is 12.3 Å². The lowest BCUT2D eigenvalue weighted by Crippen LogP contribution is -2.35. The van der Waals surface area contributed by atoms with Crippen LogP contribution in [0.4, 0.5) is 4.79 Å². The van der Waals surface area contributed by atoms with E-state index in [0.29, 0.717) is 30.5 Å². The van der Waals surface area contributed by atoms with Crippen molar-refractivity contribution in [3.05, 3.63) is 59.7 Å². The minimum atomic E-state index is -0.197. The van der Waals surface area contributed by atoms with Crippen LogP contribution in [0.3, 0.4) is 0 Å². The number of terminal acetylenes is 1. The van der Waals surface area contributed by atoms with Crippen molar-refractivity contribution in [2.24, 2.45) is 0 Å². The molecule has 0 saturated heterocycles. The first-order valence-electron chi connectivity index (χ1n) is 8.94. The molecule has 2 N–H and O–H groups in total. The lowest BCUT2D eigenvalue weighted by molar-refractivity contribution is 0.240. The number of urea groups is 1. The van der Waals surface area contributed by atoms with Crippen molar-refractivity contribution in [3.63, 3.8) is 0 Å². The van der Waals surface area contributed by atoms with Gasteiger partial charge in [-0.1, -0.05) is 49.2 Å². The Labute approximate surface area is 161 Å². The molecule has 0 heterocycles. The van der Waals surface area contributed by atoms with Crippen LogP contribution in [0.5, 0.6) is 11.5 Å². The fourth-order valence-electron chi connectivity index (χ4n) is 2.66. The quantitative estimate of drug-likeness (QED) is 0.665. The maximum Gasteiger partial charge on any atom is 0.315 e. The minimum absolute atomic E-state index is 0.160. The molecular weight excluding hydrogens is 340 g/mol. The molecule has 2 aromatic carbocycles. The second-order valence-electron chi connectivity index (χ2n) is 6.19. The molecule has 1 unspecified atom stereocenters. The second-order valence-corrected chi connectivity index (χ2v) is 6.19. The third kappa shape index (κ3) is 6.59. The van der Waals surface area contributed by atoms with Crippen LogP contribution in [-0.2, 0) is 6.54 Å². The number of ether oxygens (including phenoxy) is 2. The normalized spacial score (nSPS) is 11.1. The molecule has 2 amide bonds. The molecule has 27 heavy (non-hydrogen) atoms. The lowest BCUT2D eigenvalue weighted by Gasteiger charge is -2.14. The predicted octanol–water partition coefficient (Wildman–Crippen LogP) is 3.70. The van der Waals surface area contributed by atoms with Crippen molar-refractivity contribution in [3.8, 4) is 23.8 Å². The highest BCUT2D eigenvalue weighted by Crippen LogP contribution is 2.28. The van der Waals surface area contributed by atoms with Crippen molar-refractivity contribution in [2.75, 3.05) is 20.3 Å². The first-order chi connectivity index (χ1) is 13.1. The Morgan fingerprint density at radius 3 is 2.63 bits per heavy atom. The van der Waals surface area contributed by atoms with Crippen molar-refractivity contribution >= 4 is 6.03 Å². The first-order valence-corrected chi connectivity index (χ1v) is 8.94. The first kappa shape index (κ1) is 20.2. The van der Waals surface area contributed by atoms with Gasteiger partial charge in [0.15, 0.2) is 11.5 Å². The third-order valence-electron chi connectivity index (χ3n) is 4.22. The molecule has 142 valence electrons. The summed E-state index contributed by atoms with van der Waals surface area (Å²) in [5.41, 5.74) is 2.17. The summed E-state index contributed by atoms with van der Waals surface area (Å²) < 4.78 is 10.7. The van der Waals surface area contributed by atoms with E-state index in [1.54, 1.807) is 13.2 Å². The molecule has 2 aromatic rings. The summed E-state index contributed by atoms with van der Waals surface area (Å²) in [5.74, 6) is 3.98. The zero-order valence-corrected chi connectivity index (χ0v) is 15.8. The Kier molecular flexibility index (Phi) is 8.05. The van der Waals surface area contributed by atoms with Gasteiger partial charge in [-0.15, -0.1) is 6.42 Å². The molecule has 0 aliphatic carbocycles. The van der Waals surface area contributed by atoms with Gasteiger partial charge in [0.1, 0.15) is 6.61 Å². The minimum Gasteiger partial charge on any atom is -0.493 e. The number of carbonyl (C=O) groups excluding carboxylic acids is 1. The van der Waals surface area contributed by atoms with Crippen LogP contribution >= 0.6 is 0 Å². The molecule has 0 bridgehead atoms. The number of nitrogens with one attached hydrogen (secondary N) is 2. The van der Waals surface area contributed by atoms with E-state index in [1.165, 1.54) is 5.56 Å². The molecule has 0 saturated carbocycles. The average molecular weight is 366 g/mol. The molecule has 5 heteroatoms. The van der Waals surface area contributed by atoms with Crippen molar-refractivity contribution in [2.45, 2.75) is 25.8 Å². The molecule has 0 aliphatic heterocycles. The Morgan fingerprint density at radius 1 is 1.15 bits per heavy atom. The Balaban J connectivity index is 1.77. The number of benzene rings is 2. The number of hydrogen-bond acceptors (Lipinski definition) is 3. The van der Waals surface area contributed by atoms with Gasteiger partial charge >= 0.3 is 6.03 Å². The summed E-state index contributed by atoms with van der Waals surface area (Å²) in [6.07, 6.45) is 6.11. The molecule has 0 fully saturated rings. The van der Waals surface area contributed by atoms with E-state index in [1.807, 2.05) is 30.3 Å². The molecule has 2 rings (SSSR count). The van der Waals surface area contributed by atoms with Crippen LogP contribution in [-0.4, -0.2) is 26.3 Å². The fraction of sp³-hybridized carbons (Fsp3) is 0.318. The molecule has 0 radical (unpaired) electrons. The number of amides is 2. The summed E-state index contributed by atoms with van der Waals surface area (Å²) in [4.78, 5) is 12.0. The van der Waals surface area contributed by atoms with E-state index in [9.17, 15) is 4.79 Å². The molecule has 5 nitrogen and oxygen atoms in total. The highest BCUT2D eigenvalue weighted by molar-refractivity contribution is 5.73. The summed E-state index contributed by atoms with van der Waals surface area (Å²) in [6.45, 7) is 3.31. The highest BCUT2D eigenvalue weighted by Gasteiger charge is 2.08. The van der Waals surface area contributed by atoms with Gasteiger partial charge < -0.3 is 20.1 Å². The number of hydrogen-bond donors (Lipinski definition) is 2. The van der Waals surface area contributed by atoms with Gasteiger partial charge in [-0.3, -0.25) is 0 Å². The van der Waals surface area contributed by atoms with Gasteiger partial charge in [0.05, 0.1) is 7.11 Å². The summed E-state index contributed by atoms with van der Waals surface area (Å²) in [7, 11) is 1.57. The fourth-order valence-corrected chi connectivity index (χ4v) is 2.66. The highest BCUT2D eigenvalue weighted by atomic mass is 16.5. The van der Waals surface area contributed by atoms with Gasteiger partial charge in [-0.05, 0) is 35.6 Å². The lowest BCUT2D eigenvalue weighted by atomic mass is 9.98. The monoisotopic (exact) mass is 366 g/mol. The Morgan fingerprint density at radius 2 is 1.93 bits per heavy atom. The maximum absolute atomic E-state index is 12.0. The van der Waals surface area contributed by atoms with Crippen molar-refractivity contribution in [1.29, 1.82) is 0 Å². The van der Waals surface area contributed by atoms with Crippen LogP contribution in [0.1, 0.15) is 30.4 Å². The van der Waals surface area contributed by atoms with E-state index < -0.39 is 0 Å². The van der Waals surface area contributed by atoms with Gasteiger partial charge in [0.25, 0.3) is 0 Å². The van der Waals surface area contributed by atoms with Gasteiger partial charge in [0, 0.05) is 13.1 Å². The zero-order valence-electron chi connectivity index (χ0n) is 15.8. The van der Waals surface area contributed by atoms with E-state index in [0.717, 1.165) is 12.0 Å². The van der Waals surface area contributed by atoms with Crippen molar-refractivity contribution < 1.29 is 14.3 Å². The third-order valence-corrected chi connectivity index (χ3v) is 4.22. The number of carbonyl (C=O) groups is 1. The summed E-state index contributed by atoms with van der Waals surface area (Å²) in [6, 6.07) is 15.6. The molecular formula is C22H26N2O3. The van der Waals surface area contributed by atoms with E-state index in [-0.39, 0.29) is 12.6 Å². The summed E-state index contributed by atoms with van der Waals surface area (Å²) >= 11 is 0. The zero-order chi connectivity index (χ0) is 19.5. The number of rotatable bonds is 9. The van der Waals surface area contributed by atoms with Crippen LogP contribution in [0.15, 0.2) is 48.5 Å². The van der Waals surface area contributed by atoms with Gasteiger partial charge in [-0.2, -0.15) is 0 Å². The molecule has 0 aromatic heterocycles. The Bertz CT molecular complexity index is 769. The second kappa shape index (κ2) is 10.8. The SMILES string of the molecule is C#CCOc1cc(CNC(=O)NCCC(C)c2ccccc2)ccc1OC. The largest absolute Gasteiger partial charge is 0.493 e. The van der Waals surface area contributed by atoms with E-state index in [4.69, 9.17) is 15.9 Å². The molecule has 0 aliphatic rings. The van der Waals surface area contributed by atoms with Crippen molar-refractivity contribution in [1.82, 2.24) is 10.6 Å². The Hall–Kier alpha value is -3.13. The summed E-state index contributed by atoms with van der Waals surface area (Å²) in [5, 5.41) is 5.74. The molecule has 0 spiro atoms. The topological polar surface area (TPSA) is 59.6 Å². The maximum atomic E-state index is 12.0. The van der Waals surface area contributed by atoms with Crippen LogP contribution in [0.2, 0.25) is 0 Å². The molecule has 1 atom stereocenters. The van der Waals surface area contributed by atoms with E-state index >= 15 is 0 Å². The van der Waals surface area contributed by atoms with Crippen LogP contribution in [0.25, 0.3) is 0 Å². The standard InChI is InChI=1S/C22H26N2O3/c1-4-14-27-21-15-18(10-11-20(21)26-3)16-24-22(25)23-13-12-17(2)19-8-6-5-7-9-19/h1,5-11,15,17H,12-14,16H2,2-3H3,(H2,23,24,25).